The first-order chi connectivity index (χ1) is 20.1. The van der Waals surface area contributed by atoms with Crippen molar-refractivity contribution in [2.75, 3.05) is 113 Å². The Kier molecular flexibility index (Phi) is 23.4. The Bertz CT molecular complexity index is 810. The number of benzene rings is 1. The maximum Gasteiger partial charge on any atom is 0.292 e. The van der Waals surface area contributed by atoms with Crippen LogP contribution in [-0.2, 0) is 42.7 Å². The zero-order chi connectivity index (χ0) is 29.8. The second-order valence-electron chi connectivity index (χ2n) is 8.38. The topological polar surface area (TPSA) is 163 Å². The maximum absolute atomic E-state index is 12.0. The fourth-order valence-corrected chi connectivity index (χ4v) is 3.05. The van der Waals surface area contributed by atoms with E-state index in [1.807, 2.05) is 0 Å². The standard InChI is InChI=1S/C27H44N2O12/c1-34-9-2-10-35-14-15-36-11-3-12-37-16-18-39-20-22-41-23-21-40-19-17-38-13-8-28-27(31)26(30)24-4-6-25(7-5-24)29(32)33/h4-7H,2-3,8-23H2,1H3,(H,28,31). The van der Waals surface area contributed by atoms with E-state index >= 15 is 0 Å². The van der Waals surface area contributed by atoms with Gasteiger partial charge in [0.25, 0.3) is 11.6 Å². The smallest absolute Gasteiger partial charge is 0.292 e. The molecule has 1 aromatic rings. The van der Waals surface area contributed by atoms with E-state index in [1.54, 1.807) is 7.11 Å². The van der Waals surface area contributed by atoms with Crippen molar-refractivity contribution in [1.82, 2.24) is 5.32 Å². The molecule has 1 N–H and O–H groups in total. The van der Waals surface area contributed by atoms with E-state index in [-0.39, 0.29) is 24.4 Å². The number of nitrogens with one attached hydrogen (secondary N) is 1. The molecule has 14 nitrogen and oxygen atoms in total. The number of methoxy groups -OCH3 is 1. The minimum atomic E-state index is -0.805. The fourth-order valence-electron chi connectivity index (χ4n) is 3.05. The van der Waals surface area contributed by atoms with Gasteiger partial charge < -0.3 is 43.2 Å². The third-order valence-electron chi connectivity index (χ3n) is 5.15. The summed E-state index contributed by atoms with van der Waals surface area (Å²) in [6, 6.07) is 4.83. The summed E-state index contributed by atoms with van der Waals surface area (Å²) in [5.74, 6) is -1.58. The molecule has 0 heterocycles. The molecule has 0 aliphatic rings. The van der Waals surface area contributed by atoms with E-state index in [0.29, 0.717) is 92.5 Å². The predicted octanol–water partition coefficient (Wildman–Crippen LogP) is 1.44. The van der Waals surface area contributed by atoms with Crippen molar-refractivity contribution in [3.8, 4) is 0 Å². The second kappa shape index (κ2) is 26.3. The zero-order valence-electron chi connectivity index (χ0n) is 23.9. The molecule has 0 aliphatic heterocycles. The lowest BCUT2D eigenvalue weighted by atomic mass is 10.1. The van der Waals surface area contributed by atoms with E-state index in [1.165, 1.54) is 24.3 Å². The molecule has 0 aromatic heterocycles. The summed E-state index contributed by atoms with van der Waals surface area (Å²) in [4.78, 5) is 34.0. The van der Waals surface area contributed by atoms with Crippen LogP contribution in [0.5, 0.6) is 0 Å². The van der Waals surface area contributed by atoms with Crippen LogP contribution in [0.1, 0.15) is 23.2 Å². The van der Waals surface area contributed by atoms with E-state index < -0.39 is 16.6 Å². The van der Waals surface area contributed by atoms with Crippen LogP contribution in [0, 0.1) is 10.1 Å². The third-order valence-corrected chi connectivity index (χ3v) is 5.15. The van der Waals surface area contributed by atoms with Crippen molar-refractivity contribution in [3.63, 3.8) is 0 Å². The monoisotopic (exact) mass is 588 g/mol. The van der Waals surface area contributed by atoms with Crippen LogP contribution in [0.25, 0.3) is 0 Å². The molecule has 1 amide bonds. The molecule has 0 bridgehead atoms. The number of carbonyl (C=O) groups excluding carboxylic acids is 2. The van der Waals surface area contributed by atoms with Crippen molar-refractivity contribution in [2.45, 2.75) is 12.8 Å². The zero-order valence-corrected chi connectivity index (χ0v) is 23.9. The van der Waals surface area contributed by atoms with Crippen LogP contribution in [0.3, 0.4) is 0 Å². The van der Waals surface area contributed by atoms with Crippen molar-refractivity contribution < 1.29 is 52.4 Å². The Balaban J connectivity index is 1.77. The highest BCUT2D eigenvalue weighted by Gasteiger charge is 2.16. The second-order valence-corrected chi connectivity index (χ2v) is 8.38. The number of hydrogen-bond acceptors (Lipinski definition) is 12. The first kappa shape index (κ1) is 36.5. The molecule has 1 aromatic carbocycles. The number of Topliss-reactive ketones (excluding diaryl/α,β-unsaturated/α-hetero) is 1. The molecular formula is C27H44N2O12. The normalized spacial score (nSPS) is 11.0. The van der Waals surface area contributed by atoms with Gasteiger partial charge >= 0.3 is 0 Å². The Labute approximate surface area is 241 Å². The van der Waals surface area contributed by atoms with E-state index in [0.717, 1.165) is 12.8 Å². The summed E-state index contributed by atoms with van der Waals surface area (Å²) < 4.78 is 42.9. The summed E-state index contributed by atoms with van der Waals surface area (Å²) in [5, 5.41) is 13.1. The summed E-state index contributed by atoms with van der Waals surface area (Å²) in [7, 11) is 1.67. The summed E-state index contributed by atoms with van der Waals surface area (Å²) in [6.07, 6.45) is 1.71. The summed E-state index contributed by atoms with van der Waals surface area (Å²) in [6.45, 7) is 7.65. The quantitative estimate of drug-likeness (QED) is 0.0472. The van der Waals surface area contributed by atoms with Gasteiger partial charge in [-0.15, -0.1) is 0 Å². The minimum absolute atomic E-state index is 0.0744. The summed E-state index contributed by atoms with van der Waals surface area (Å²) >= 11 is 0. The largest absolute Gasteiger partial charge is 0.385 e. The van der Waals surface area contributed by atoms with E-state index in [4.69, 9.17) is 37.9 Å². The Morgan fingerprint density at radius 3 is 1.44 bits per heavy atom. The number of nitro benzene ring substituents is 1. The van der Waals surface area contributed by atoms with Gasteiger partial charge in [-0.2, -0.15) is 0 Å². The van der Waals surface area contributed by atoms with Gasteiger partial charge in [0.15, 0.2) is 0 Å². The highest BCUT2D eigenvalue weighted by atomic mass is 16.6. The van der Waals surface area contributed by atoms with Crippen molar-refractivity contribution >= 4 is 17.4 Å². The van der Waals surface area contributed by atoms with E-state index in [2.05, 4.69) is 5.32 Å². The van der Waals surface area contributed by atoms with Crippen LogP contribution >= 0.6 is 0 Å². The molecule has 14 heteroatoms. The Hall–Kier alpha value is -2.56. The molecular weight excluding hydrogens is 544 g/mol. The van der Waals surface area contributed by atoms with Gasteiger partial charge in [0.1, 0.15) is 0 Å². The van der Waals surface area contributed by atoms with Gasteiger partial charge in [-0.25, -0.2) is 0 Å². The molecule has 0 saturated carbocycles. The van der Waals surface area contributed by atoms with Crippen molar-refractivity contribution in [3.05, 3.63) is 39.9 Å². The van der Waals surface area contributed by atoms with Gasteiger partial charge in [0, 0.05) is 57.8 Å². The number of ether oxygens (including phenoxy) is 8. The predicted molar refractivity (Wildman–Crippen MR) is 147 cm³/mol. The van der Waals surface area contributed by atoms with Crippen LogP contribution < -0.4 is 5.32 Å². The molecule has 41 heavy (non-hydrogen) atoms. The van der Waals surface area contributed by atoms with E-state index in [9.17, 15) is 19.7 Å². The van der Waals surface area contributed by atoms with Gasteiger partial charge in [0.2, 0.25) is 5.78 Å². The number of nitro groups is 1. The molecule has 0 spiro atoms. The maximum atomic E-state index is 12.0. The lowest BCUT2D eigenvalue weighted by Crippen LogP contribution is -2.33. The van der Waals surface area contributed by atoms with Gasteiger partial charge in [-0.3, -0.25) is 19.7 Å². The van der Waals surface area contributed by atoms with Gasteiger partial charge in [-0.1, -0.05) is 0 Å². The number of carbonyl (C=O) groups is 2. The number of amides is 1. The molecule has 0 radical (unpaired) electrons. The first-order valence-corrected chi connectivity index (χ1v) is 13.7. The van der Waals surface area contributed by atoms with Crippen molar-refractivity contribution in [1.29, 1.82) is 0 Å². The molecule has 1 rings (SSSR count). The van der Waals surface area contributed by atoms with Gasteiger partial charge in [0.05, 0.1) is 77.6 Å². The van der Waals surface area contributed by atoms with Crippen LogP contribution in [0.15, 0.2) is 24.3 Å². The SMILES string of the molecule is COCCCOCCOCCCOCCOCCOCCOCCOCCNC(=O)C(=O)c1ccc([N+](=O)[O-])cc1. The minimum Gasteiger partial charge on any atom is -0.385 e. The Morgan fingerprint density at radius 1 is 0.634 bits per heavy atom. The molecule has 0 aliphatic carbocycles. The lowest BCUT2D eigenvalue weighted by molar-refractivity contribution is -0.384. The van der Waals surface area contributed by atoms with Gasteiger partial charge in [-0.05, 0) is 25.0 Å². The fraction of sp³-hybridized carbons (Fsp3) is 0.704. The average Bonchev–Trinajstić information content (AvgIpc) is 2.98. The number of non-ortho nitro benzene ring substituents is 1. The first-order valence-electron chi connectivity index (χ1n) is 13.7. The number of rotatable bonds is 29. The number of nitrogens with zero attached hydrogens (tertiary/aromatic N) is 1. The molecule has 0 atom stereocenters. The molecule has 234 valence electrons. The molecule has 0 fully saturated rings. The van der Waals surface area contributed by atoms with Crippen LogP contribution in [-0.4, -0.2) is 129 Å². The number of hydrogen-bond donors (Lipinski definition) is 1. The van der Waals surface area contributed by atoms with Crippen LogP contribution in [0.4, 0.5) is 5.69 Å². The number of ketones is 1. The molecule has 0 unspecified atom stereocenters. The molecule has 0 saturated heterocycles. The lowest BCUT2D eigenvalue weighted by Gasteiger charge is -2.08. The average molecular weight is 589 g/mol. The Morgan fingerprint density at radius 2 is 1.02 bits per heavy atom. The highest BCUT2D eigenvalue weighted by Crippen LogP contribution is 2.12. The van der Waals surface area contributed by atoms with Crippen LogP contribution in [0.2, 0.25) is 0 Å². The third kappa shape index (κ3) is 20.9. The summed E-state index contributed by atoms with van der Waals surface area (Å²) in [5.41, 5.74) is -0.0818. The van der Waals surface area contributed by atoms with Crippen molar-refractivity contribution in [2.24, 2.45) is 0 Å². The highest BCUT2D eigenvalue weighted by molar-refractivity contribution is 6.42.